The molecule has 0 fully saturated rings. The molecular formula is C35H40FN7O5S2. The summed E-state index contributed by atoms with van der Waals surface area (Å²) in [6.07, 6.45) is 1.93. The number of aromatic nitrogens is 2. The second kappa shape index (κ2) is 17.3. The van der Waals surface area contributed by atoms with E-state index in [1.165, 1.54) is 34.8 Å². The van der Waals surface area contributed by atoms with Crippen molar-refractivity contribution in [1.29, 1.82) is 0 Å². The van der Waals surface area contributed by atoms with E-state index in [-0.39, 0.29) is 24.7 Å². The van der Waals surface area contributed by atoms with Gasteiger partial charge in [-0.25, -0.2) is 19.2 Å². The summed E-state index contributed by atoms with van der Waals surface area (Å²) < 4.78 is 21.4. The smallest absolute Gasteiger partial charge is 0.355 e. The molecule has 0 radical (unpaired) electrons. The number of carbonyl (C=O) groups is 1. The molecule has 1 aliphatic heterocycles. The first-order valence-electron chi connectivity index (χ1n) is 16.1. The molecule has 1 unspecified atom stereocenters. The Kier molecular flexibility index (Phi) is 12.6. The lowest BCUT2D eigenvalue weighted by Gasteiger charge is -2.30. The number of aromatic carboxylic acids is 1. The molecule has 0 saturated carbocycles. The number of anilines is 2. The second-order valence-corrected chi connectivity index (χ2v) is 13.6. The largest absolute Gasteiger partial charge is 0.491 e. The van der Waals surface area contributed by atoms with Crippen LogP contribution in [-0.2, 0) is 6.42 Å². The van der Waals surface area contributed by atoms with E-state index >= 15 is 0 Å². The molecule has 5 rings (SSSR count). The number of nitrogens with one attached hydrogen (secondary N) is 2. The van der Waals surface area contributed by atoms with Crippen molar-refractivity contribution in [3.8, 4) is 17.6 Å². The fourth-order valence-electron chi connectivity index (χ4n) is 5.26. The molecule has 4 aromatic rings. The van der Waals surface area contributed by atoms with E-state index in [4.69, 9.17) is 21.3 Å². The van der Waals surface area contributed by atoms with Gasteiger partial charge in [0.25, 0.3) is 0 Å². The van der Waals surface area contributed by atoms with Gasteiger partial charge in [-0.2, -0.15) is 0 Å². The third kappa shape index (κ3) is 9.29. The van der Waals surface area contributed by atoms with Gasteiger partial charge in [0, 0.05) is 17.0 Å². The molecule has 0 saturated heterocycles. The number of fused-ring (bicyclic) bond motifs is 1. The number of carboxylic acids is 1. The summed E-state index contributed by atoms with van der Waals surface area (Å²) in [5.74, 6) is 5.06. The van der Waals surface area contributed by atoms with Crippen molar-refractivity contribution in [2.45, 2.75) is 45.1 Å². The minimum Gasteiger partial charge on any atom is -0.491 e. The number of allylic oxidation sites excluding steroid dienone is 2. The molecule has 12 nitrogen and oxygen atoms in total. The van der Waals surface area contributed by atoms with Crippen molar-refractivity contribution in [2.24, 2.45) is 11.5 Å². The fraction of sp³-hybridized carbons (Fsp3) is 0.343. The molecule has 2 aromatic carbocycles. The van der Waals surface area contributed by atoms with Gasteiger partial charge >= 0.3 is 5.97 Å². The van der Waals surface area contributed by atoms with Crippen molar-refractivity contribution in [1.82, 2.24) is 15.3 Å². The number of hydrogen-bond donors (Lipinski definition) is 7. The number of aliphatic hydroxyl groups is 2. The Morgan fingerprint density at radius 1 is 1.22 bits per heavy atom. The first kappa shape index (κ1) is 36.6. The van der Waals surface area contributed by atoms with Crippen molar-refractivity contribution >= 4 is 49.1 Å². The summed E-state index contributed by atoms with van der Waals surface area (Å²) in [6.45, 7) is 3.20. The van der Waals surface area contributed by atoms with Gasteiger partial charge in [-0.1, -0.05) is 35.3 Å². The van der Waals surface area contributed by atoms with Gasteiger partial charge in [0.2, 0.25) is 0 Å². The van der Waals surface area contributed by atoms with E-state index < -0.39 is 17.9 Å². The molecule has 0 aliphatic carbocycles. The number of para-hydroxylation sites is 1. The van der Waals surface area contributed by atoms with E-state index in [1.54, 1.807) is 6.07 Å². The van der Waals surface area contributed by atoms with Gasteiger partial charge in [0.1, 0.15) is 11.6 Å². The van der Waals surface area contributed by atoms with Gasteiger partial charge < -0.3 is 47.1 Å². The number of ether oxygens (including phenoxy) is 1. The van der Waals surface area contributed by atoms with Gasteiger partial charge in [-0.05, 0) is 87.1 Å². The van der Waals surface area contributed by atoms with E-state index in [2.05, 4.69) is 32.4 Å². The predicted molar refractivity (Wildman–Crippen MR) is 195 cm³/mol. The highest BCUT2D eigenvalue weighted by molar-refractivity contribution is 7.22. The molecule has 2 aromatic heterocycles. The van der Waals surface area contributed by atoms with Crippen LogP contribution in [0.25, 0.3) is 10.2 Å². The number of thiazole rings is 2. The Morgan fingerprint density at radius 2 is 2.04 bits per heavy atom. The molecular weight excluding hydrogens is 682 g/mol. The van der Waals surface area contributed by atoms with Gasteiger partial charge in [-0.3, -0.25) is 0 Å². The maximum atomic E-state index is 14.7. The Morgan fingerprint density at radius 3 is 2.80 bits per heavy atom. The average Bonchev–Trinajstić information content (AvgIpc) is 3.72. The maximum Gasteiger partial charge on any atom is 0.355 e. The number of hydrogen-bond acceptors (Lipinski definition) is 13. The number of aliphatic hydroxyl groups excluding tert-OH is 2. The van der Waals surface area contributed by atoms with Gasteiger partial charge in [-0.15, -0.1) is 11.3 Å². The summed E-state index contributed by atoms with van der Waals surface area (Å²) in [5, 5.41) is 35.5. The molecule has 1 aliphatic rings. The lowest BCUT2D eigenvalue weighted by Crippen LogP contribution is -2.34. The Labute approximate surface area is 297 Å². The number of benzene rings is 2. The molecule has 0 amide bonds. The van der Waals surface area contributed by atoms with Crippen molar-refractivity contribution in [3.63, 3.8) is 0 Å². The molecule has 50 heavy (non-hydrogen) atoms. The monoisotopic (exact) mass is 721 g/mol. The Hall–Kier alpha value is -4.72. The molecule has 3 heterocycles. The lowest BCUT2D eigenvalue weighted by molar-refractivity contribution is 0.0690. The van der Waals surface area contributed by atoms with Gasteiger partial charge in [0.15, 0.2) is 27.5 Å². The van der Waals surface area contributed by atoms with Crippen molar-refractivity contribution in [2.75, 3.05) is 43.1 Å². The third-order valence-corrected chi connectivity index (χ3v) is 10.1. The molecule has 9 N–H and O–H groups in total. The number of halogens is 1. The van der Waals surface area contributed by atoms with Crippen molar-refractivity contribution < 1.29 is 29.2 Å². The molecule has 0 bridgehead atoms. The van der Waals surface area contributed by atoms with Crippen LogP contribution < -0.4 is 31.7 Å². The topological polar surface area (TPSA) is 192 Å². The van der Waals surface area contributed by atoms with Crippen LogP contribution in [0.5, 0.6) is 5.75 Å². The van der Waals surface area contributed by atoms with Crippen LogP contribution in [-0.4, -0.2) is 70.2 Å². The SMILES string of the molecule is C/C(C1=C(N)N(c2nc(C(=O)O)c(CCCOc3ccc(C#CCNCCC(O)CO)cc3F)s2)CCC1)=C(/N)Nc1nc2ccccc2s1. The minimum absolute atomic E-state index is 0.0395. The van der Waals surface area contributed by atoms with Crippen LogP contribution in [0, 0.1) is 17.7 Å². The van der Waals surface area contributed by atoms with Crippen LogP contribution in [0.1, 0.15) is 53.5 Å². The van der Waals surface area contributed by atoms with E-state index in [1.807, 2.05) is 36.1 Å². The Bertz CT molecular complexity index is 1910. The summed E-state index contributed by atoms with van der Waals surface area (Å²) >= 11 is 2.77. The molecule has 264 valence electrons. The van der Waals surface area contributed by atoms with E-state index in [0.29, 0.717) is 77.7 Å². The number of rotatable bonds is 15. The van der Waals surface area contributed by atoms with Crippen LogP contribution in [0.4, 0.5) is 14.7 Å². The zero-order valence-electron chi connectivity index (χ0n) is 27.5. The summed E-state index contributed by atoms with van der Waals surface area (Å²) in [6, 6.07) is 12.3. The standard InChI is InChI=1S/C35H40FN7O5S2/c1-21(31(37)42-34-40-26-9-2-3-10-28(26)49-34)24-8-5-17-43(32(24)38)35-41-30(33(46)47)29(50-35)11-6-18-48-27-13-12-22(19-25(27)36)7-4-15-39-16-14-23(45)20-44/h2-3,9-10,12-13,19,23,39,44-45H,5-6,8,11,14-18,20,37-38H2,1H3,(H,40,42)(H,46,47)/b31-21+. The zero-order valence-corrected chi connectivity index (χ0v) is 29.2. The van der Waals surface area contributed by atoms with Crippen LogP contribution in [0.15, 0.2) is 65.3 Å². The summed E-state index contributed by atoms with van der Waals surface area (Å²) in [4.78, 5) is 23.6. The first-order chi connectivity index (χ1) is 24.1. The maximum absolute atomic E-state index is 14.7. The molecule has 0 spiro atoms. The number of carboxylic acid groups (broad SMARTS) is 1. The molecule has 1 atom stereocenters. The normalized spacial score (nSPS) is 14.3. The van der Waals surface area contributed by atoms with Crippen LogP contribution >= 0.6 is 22.7 Å². The summed E-state index contributed by atoms with van der Waals surface area (Å²) in [5.41, 5.74) is 16.1. The minimum atomic E-state index is -1.13. The predicted octanol–water partition coefficient (Wildman–Crippen LogP) is 4.36. The number of nitrogens with two attached hydrogens (primary N) is 2. The quantitative estimate of drug-likeness (QED) is 0.0679. The lowest BCUT2D eigenvalue weighted by atomic mass is 9.99. The van der Waals surface area contributed by atoms with Crippen molar-refractivity contribution in [3.05, 3.63) is 87.2 Å². The highest BCUT2D eigenvalue weighted by Gasteiger charge is 2.26. The van der Waals surface area contributed by atoms with Gasteiger partial charge in [0.05, 0.1) is 36.1 Å². The van der Waals surface area contributed by atoms with Crippen LogP contribution in [0.2, 0.25) is 0 Å². The highest BCUT2D eigenvalue weighted by atomic mass is 32.1. The fourth-order valence-corrected chi connectivity index (χ4v) is 7.27. The van der Waals surface area contributed by atoms with E-state index in [0.717, 1.165) is 27.8 Å². The third-order valence-electron chi connectivity index (χ3n) is 7.97. The zero-order chi connectivity index (χ0) is 35.6. The Balaban J connectivity index is 1.19. The highest BCUT2D eigenvalue weighted by Crippen LogP contribution is 2.35. The average molecular weight is 722 g/mol. The number of nitrogens with zero attached hydrogens (tertiary/aromatic N) is 3. The van der Waals surface area contributed by atoms with Crippen LogP contribution in [0.3, 0.4) is 0 Å². The molecule has 15 heteroatoms. The van der Waals surface area contributed by atoms with E-state index in [9.17, 15) is 19.4 Å². The summed E-state index contributed by atoms with van der Waals surface area (Å²) in [7, 11) is 0. The number of aryl methyl sites for hydroxylation is 1. The second-order valence-electron chi connectivity index (χ2n) is 11.5. The first-order valence-corrected chi connectivity index (χ1v) is 17.8.